The Labute approximate surface area is 113 Å². The van der Waals surface area contributed by atoms with Crippen LogP contribution < -0.4 is 0 Å². The Morgan fingerprint density at radius 3 is 3.00 bits per heavy atom. The molecule has 4 heteroatoms. The Balaban J connectivity index is 1.79. The molecule has 0 saturated carbocycles. The van der Waals surface area contributed by atoms with Crippen LogP contribution >= 0.6 is 0 Å². The molecule has 0 radical (unpaired) electrons. The lowest BCUT2D eigenvalue weighted by Crippen LogP contribution is -2.24. The Morgan fingerprint density at radius 2 is 2.26 bits per heavy atom. The Bertz CT molecular complexity index is 561. The van der Waals surface area contributed by atoms with Gasteiger partial charge in [0.25, 0.3) is 0 Å². The summed E-state index contributed by atoms with van der Waals surface area (Å²) in [4.78, 5) is 14.9. The van der Waals surface area contributed by atoms with E-state index in [1.807, 2.05) is 18.5 Å². The van der Waals surface area contributed by atoms with Crippen LogP contribution in [0.5, 0.6) is 0 Å². The van der Waals surface area contributed by atoms with Crippen LogP contribution in [0.3, 0.4) is 0 Å². The van der Waals surface area contributed by atoms with E-state index in [1.165, 1.54) is 24.1 Å². The average Bonchev–Trinajstić information content (AvgIpc) is 3.01. The molecular weight excluding hydrogens is 236 g/mol. The smallest absolute Gasteiger partial charge is 0.123 e. The molecule has 0 spiro atoms. The maximum absolute atomic E-state index is 4.50. The number of aryl methyl sites for hydroxylation is 2. The van der Waals surface area contributed by atoms with Gasteiger partial charge in [-0.25, -0.2) is 4.98 Å². The van der Waals surface area contributed by atoms with Crippen molar-refractivity contribution in [1.29, 1.82) is 0 Å². The maximum atomic E-state index is 4.50. The molecule has 0 amide bonds. The fourth-order valence-corrected chi connectivity index (χ4v) is 2.80. The number of nitrogens with one attached hydrogen (secondary N) is 1. The third-order valence-electron chi connectivity index (χ3n) is 3.87. The summed E-state index contributed by atoms with van der Waals surface area (Å²) >= 11 is 0. The van der Waals surface area contributed by atoms with Crippen molar-refractivity contribution in [2.75, 3.05) is 6.54 Å². The van der Waals surface area contributed by atoms with E-state index in [0.717, 1.165) is 24.6 Å². The molecule has 0 bridgehead atoms. The van der Waals surface area contributed by atoms with Crippen LogP contribution in [-0.2, 0) is 6.54 Å². The molecule has 4 nitrogen and oxygen atoms in total. The molecule has 3 heterocycles. The van der Waals surface area contributed by atoms with E-state index in [1.54, 1.807) is 0 Å². The van der Waals surface area contributed by atoms with Gasteiger partial charge in [-0.15, -0.1) is 0 Å². The first kappa shape index (κ1) is 12.4. The lowest BCUT2D eigenvalue weighted by molar-refractivity contribution is 0.237. The van der Waals surface area contributed by atoms with Crippen molar-refractivity contribution in [2.24, 2.45) is 0 Å². The zero-order chi connectivity index (χ0) is 13.2. The van der Waals surface area contributed by atoms with E-state index in [9.17, 15) is 0 Å². The largest absolute Gasteiger partial charge is 0.345 e. The number of aromatic amines is 1. The van der Waals surface area contributed by atoms with Gasteiger partial charge < -0.3 is 4.98 Å². The van der Waals surface area contributed by atoms with E-state index < -0.39 is 0 Å². The highest BCUT2D eigenvalue weighted by Crippen LogP contribution is 2.31. The zero-order valence-corrected chi connectivity index (χ0v) is 11.6. The van der Waals surface area contributed by atoms with Gasteiger partial charge >= 0.3 is 0 Å². The normalized spacial score (nSPS) is 20.0. The maximum Gasteiger partial charge on any atom is 0.123 e. The molecule has 1 aliphatic rings. The third kappa shape index (κ3) is 2.54. The molecule has 1 fully saturated rings. The second-order valence-corrected chi connectivity index (χ2v) is 5.35. The molecule has 100 valence electrons. The lowest BCUT2D eigenvalue weighted by Gasteiger charge is -2.23. The van der Waals surface area contributed by atoms with Crippen molar-refractivity contribution in [2.45, 2.75) is 39.3 Å². The highest BCUT2D eigenvalue weighted by atomic mass is 15.2. The minimum atomic E-state index is 0.412. The standard InChI is InChI=1S/C15H20N4/c1-11-5-3-7-16-13(11)10-19-8-4-6-14(19)15-17-9-12(2)18-15/h3,5,7,9,14H,4,6,8,10H2,1-2H3,(H,17,18). The summed E-state index contributed by atoms with van der Waals surface area (Å²) in [6.45, 7) is 6.22. The molecule has 0 aliphatic carbocycles. The zero-order valence-electron chi connectivity index (χ0n) is 11.6. The van der Waals surface area contributed by atoms with E-state index in [0.29, 0.717) is 6.04 Å². The van der Waals surface area contributed by atoms with Crippen LogP contribution in [0.2, 0.25) is 0 Å². The number of rotatable bonds is 3. The van der Waals surface area contributed by atoms with Gasteiger partial charge in [0.05, 0.1) is 11.7 Å². The number of imidazole rings is 1. The number of hydrogen-bond donors (Lipinski definition) is 1. The summed E-state index contributed by atoms with van der Waals surface area (Å²) in [5, 5.41) is 0. The minimum absolute atomic E-state index is 0.412. The van der Waals surface area contributed by atoms with Gasteiger partial charge in [-0.2, -0.15) is 0 Å². The van der Waals surface area contributed by atoms with Gasteiger partial charge in [0.2, 0.25) is 0 Å². The monoisotopic (exact) mass is 256 g/mol. The molecular formula is C15H20N4. The summed E-state index contributed by atoms with van der Waals surface area (Å²) in [6.07, 6.45) is 6.21. The molecule has 2 aromatic heterocycles. The quantitative estimate of drug-likeness (QED) is 0.918. The van der Waals surface area contributed by atoms with E-state index in [-0.39, 0.29) is 0 Å². The summed E-state index contributed by atoms with van der Waals surface area (Å²) in [5.74, 6) is 1.10. The number of likely N-dealkylation sites (tertiary alicyclic amines) is 1. The summed E-state index contributed by atoms with van der Waals surface area (Å²) in [7, 11) is 0. The summed E-state index contributed by atoms with van der Waals surface area (Å²) < 4.78 is 0. The SMILES string of the molecule is Cc1cnc(C2CCCN2Cc2ncccc2C)[nH]1. The number of nitrogens with zero attached hydrogens (tertiary/aromatic N) is 3. The van der Waals surface area contributed by atoms with Gasteiger partial charge in [-0.3, -0.25) is 9.88 Å². The molecule has 3 rings (SSSR count). The highest BCUT2D eigenvalue weighted by Gasteiger charge is 2.28. The molecule has 1 aliphatic heterocycles. The number of H-pyrrole nitrogens is 1. The Morgan fingerprint density at radius 1 is 1.37 bits per heavy atom. The predicted octanol–water partition coefficient (Wildman–Crippen LogP) is 2.76. The average molecular weight is 256 g/mol. The second-order valence-electron chi connectivity index (χ2n) is 5.35. The van der Waals surface area contributed by atoms with Crippen LogP contribution in [0.15, 0.2) is 24.5 Å². The molecule has 0 aromatic carbocycles. The lowest BCUT2D eigenvalue weighted by atomic mass is 10.2. The summed E-state index contributed by atoms with van der Waals surface area (Å²) in [6, 6.07) is 4.54. The second kappa shape index (κ2) is 5.13. The van der Waals surface area contributed by atoms with Crippen molar-refractivity contribution in [3.63, 3.8) is 0 Å². The van der Waals surface area contributed by atoms with E-state index >= 15 is 0 Å². The molecule has 1 N–H and O–H groups in total. The van der Waals surface area contributed by atoms with Gasteiger partial charge in [0, 0.05) is 24.6 Å². The number of hydrogen-bond acceptors (Lipinski definition) is 3. The van der Waals surface area contributed by atoms with E-state index in [4.69, 9.17) is 0 Å². The molecule has 1 saturated heterocycles. The van der Waals surface area contributed by atoms with Crippen LogP contribution in [0.1, 0.15) is 41.7 Å². The Kier molecular flexibility index (Phi) is 3.34. The summed E-state index contributed by atoms with van der Waals surface area (Å²) in [5.41, 5.74) is 3.58. The first-order chi connectivity index (χ1) is 9.24. The van der Waals surface area contributed by atoms with Gasteiger partial charge in [-0.05, 0) is 44.9 Å². The third-order valence-corrected chi connectivity index (χ3v) is 3.87. The van der Waals surface area contributed by atoms with Crippen molar-refractivity contribution in [3.8, 4) is 0 Å². The fraction of sp³-hybridized carbons (Fsp3) is 0.467. The molecule has 19 heavy (non-hydrogen) atoms. The van der Waals surface area contributed by atoms with Crippen molar-refractivity contribution in [1.82, 2.24) is 19.9 Å². The predicted molar refractivity (Wildman–Crippen MR) is 74.7 cm³/mol. The Hall–Kier alpha value is -1.68. The topological polar surface area (TPSA) is 44.8 Å². The van der Waals surface area contributed by atoms with Crippen molar-refractivity contribution < 1.29 is 0 Å². The van der Waals surface area contributed by atoms with Crippen LogP contribution in [-0.4, -0.2) is 26.4 Å². The fourth-order valence-electron chi connectivity index (χ4n) is 2.80. The van der Waals surface area contributed by atoms with E-state index in [2.05, 4.69) is 39.8 Å². The highest BCUT2D eigenvalue weighted by molar-refractivity contribution is 5.18. The van der Waals surface area contributed by atoms with Gasteiger partial charge in [-0.1, -0.05) is 6.07 Å². The van der Waals surface area contributed by atoms with Crippen molar-refractivity contribution in [3.05, 3.63) is 47.3 Å². The van der Waals surface area contributed by atoms with Crippen LogP contribution in [0, 0.1) is 13.8 Å². The van der Waals surface area contributed by atoms with Crippen LogP contribution in [0.25, 0.3) is 0 Å². The first-order valence-electron chi connectivity index (χ1n) is 6.90. The molecule has 1 atom stereocenters. The number of aromatic nitrogens is 3. The van der Waals surface area contributed by atoms with Gasteiger partial charge in [0.15, 0.2) is 0 Å². The minimum Gasteiger partial charge on any atom is -0.345 e. The first-order valence-corrected chi connectivity index (χ1v) is 6.90. The molecule has 1 unspecified atom stereocenters. The molecule has 2 aromatic rings. The van der Waals surface area contributed by atoms with Crippen LogP contribution in [0.4, 0.5) is 0 Å². The van der Waals surface area contributed by atoms with Crippen molar-refractivity contribution >= 4 is 0 Å². The number of pyridine rings is 1. The van der Waals surface area contributed by atoms with Gasteiger partial charge in [0.1, 0.15) is 5.82 Å².